The summed E-state index contributed by atoms with van der Waals surface area (Å²) in [6.07, 6.45) is 4.12. The Balaban J connectivity index is 1.65. The standard InChI is InChI=1S/C17H21N5O/c1-10-14-8-5-12(9-15(14)22(2)20-10)16-19-17(23-21-16)11-3-6-13(18)7-4-11/h5,8-9,11,13H,3-4,6-7,18H2,1-2H3/t11-,13+. The van der Waals surface area contributed by atoms with Crippen molar-refractivity contribution < 1.29 is 4.52 Å². The molecule has 4 rings (SSSR count). The number of aryl methyl sites for hydroxylation is 2. The van der Waals surface area contributed by atoms with Crippen molar-refractivity contribution >= 4 is 10.9 Å². The van der Waals surface area contributed by atoms with E-state index in [0.29, 0.717) is 17.8 Å². The summed E-state index contributed by atoms with van der Waals surface area (Å²) in [6, 6.07) is 6.50. The molecule has 2 heterocycles. The minimum absolute atomic E-state index is 0.323. The molecule has 0 radical (unpaired) electrons. The number of fused-ring (bicyclic) bond motifs is 1. The van der Waals surface area contributed by atoms with Crippen LogP contribution in [0.15, 0.2) is 22.7 Å². The van der Waals surface area contributed by atoms with Crippen molar-refractivity contribution in [3.63, 3.8) is 0 Å². The normalized spacial score (nSPS) is 21.9. The Morgan fingerprint density at radius 3 is 2.78 bits per heavy atom. The topological polar surface area (TPSA) is 82.8 Å². The van der Waals surface area contributed by atoms with Crippen molar-refractivity contribution in [2.75, 3.05) is 0 Å². The number of aromatic nitrogens is 4. The summed E-state index contributed by atoms with van der Waals surface area (Å²) in [4.78, 5) is 4.62. The van der Waals surface area contributed by atoms with Gasteiger partial charge in [-0.2, -0.15) is 10.1 Å². The number of rotatable bonds is 2. The third-order valence-corrected chi connectivity index (χ3v) is 4.86. The lowest BCUT2D eigenvalue weighted by Crippen LogP contribution is -2.25. The van der Waals surface area contributed by atoms with Crippen LogP contribution in [0.3, 0.4) is 0 Å². The Hall–Kier alpha value is -2.21. The van der Waals surface area contributed by atoms with E-state index < -0.39 is 0 Å². The Bertz CT molecular complexity index is 842. The molecular weight excluding hydrogens is 290 g/mol. The predicted molar refractivity (Wildman–Crippen MR) is 87.9 cm³/mol. The van der Waals surface area contributed by atoms with Crippen LogP contribution >= 0.6 is 0 Å². The van der Waals surface area contributed by atoms with Crippen molar-refractivity contribution in [3.05, 3.63) is 29.8 Å². The molecule has 3 aromatic rings. The van der Waals surface area contributed by atoms with Gasteiger partial charge in [-0.3, -0.25) is 4.68 Å². The maximum Gasteiger partial charge on any atom is 0.230 e. The van der Waals surface area contributed by atoms with E-state index in [1.54, 1.807) is 0 Å². The van der Waals surface area contributed by atoms with Crippen LogP contribution < -0.4 is 5.73 Å². The fourth-order valence-corrected chi connectivity index (χ4v) is 3.46. The van der Waals surface area contributed by atoms with Gasteiger partial charge in [0.2, 0.25) is 11.7 Å². The van der Waals surface area contributed by atoms with E-state index in [1.165, 1.54) is 0 Å². The predicted octanol–water partition coefficient (Wildman–Crippen LogP) is 2.92. The summed E-state index contributed by atoms with van der Waals surface area (Å²) >= 11 is 0. The third kappa shape index (κ3) is 2.53. The minimum Gasteiger partial charge on any atom is -0.339 e. The summed E-state index contributed by atoms with van der Waals surface area (Å²) in [6.45, 7) is 2.02. The number of hydrogen-bond acceptors (Lipinski definition) is 5. The largest absolute Gasteiger partial charge is 0.339 e. The van der Waals surface area contributed by atoms with Crippen molar-refractivity contribution in [1.29, 1.82) is 0 Å². The van der Waals surface area contributed by atoms with Gasteiger partial charge in [0.05, 0.1) is 11.2 Å². The van der Waals surface area contributed by atoms with Gasteiger partial charge in [-0.05, 0) is 38.7 Å². The first-order chi connectivity index (χ1) is 11.1. The van der Waals surface area contributed by atoms with Crippen LogP contribution in [0.5, 0.6) is 0 Å². The van der Waals surface area contributed by atoms with Gasteiger partial charge in [-0.1, -0.05) is 17.3 Å². The monoisotopic (exact) mass is 311 g/mol. The van der Waals surface area contributed by atoms with Crippen molar-refractivity contribution in [3.8, 4) is 11.4 Å². The van der Waals surface area contributed by atoms with E-state index in [-0.39, 0.29) is 0 Å². The van der Waals surface area contributed by atoms with Crippen LogP contribution in [0.4, 0.5) is 0 Å². The van der Waals surface area contributed by atoms with E-state index >= 15 is 0 Å². The molecule has 23 heavy (non-hydrogen) atoms. The molecule has 1 aliphatic carbocycles. The minimum atomic E-state index is 0.323. The van der Waals surface area contributed by atoms with E-state index in [9.17, 15) is 0 Å². The maximum absolute atomic E-state index is 5.97. The summed E-state index contributed by atoms with van der Waals surface area (Å²) in [5.74, 6) is 1.74. The fraction of sp³-hybridized carbons (Fsp3) is 0.471. The second kappa shape index (κ2) is 5.45. The summed E-state index contributed by atoms with van der Waals surface area (Å²) < 4.78 is 7.40. The Morgan fingerprint density at radius 1 is 1.22 bits per heavy atom. The molecule has 0 atom stereocenters. The lowest BCUT2D eigenvalue weighted by molar-refractivity contribution is 0.301. The fourth-order valence-electron chi connectivity index (χ4n) is 3.46. The molecule has 0 amide bonds. The van der Waals surface area contributed by atoms with Crippen LogP contribution in [0.1, 0.15) is 43.2 Å². The number of hydrogen-bond donors (Lipinski definition) is 1. The number of benzene rings is 1. The molecule has 0 saturated heterocycles. The average molecular weight is 311 g/mol. The quantitative estimate of drug-likeness (QED) is 0.786. The van der Waals surface area contributed by atoms with Gasteiger partial charge in [0.15, 0.2) is 0 Å². The molecule has 0 unspecified atom stereocenters. The number of nitrogens with two attached hydrogens (primary N) is 1. The third-order valence-electron chi connectivity index (χ3n) is 4.86. The Morgan fingerprint density at radius 2 is 2.00 bits per heavy atom. The zero-order chi connectivity index (χ0) is 16.0. The van der Waals surface area contributed by atoms with Gasteiger partial charge >= 0.3 is 0 Å². The van der Waals surface area contributed by atoms with Crippen LogP contribution in [0, 0.1) is 6.92 Å². The zero-order valence-corrected chi connectivity index (χ0v) is 13.5. The van der Waals surface area contributed by atoms with Crippen LogP contribution in [-0.2, 0) is 7.05 Å². The molecule has 0 bridgehead atoms. The highest BCUT2D eigenvalue weighted by Gasteiger charge is 2.25. The smallest absolute Gasteiger partial charge is 0.230 e. The summed E-state index contributed by atoms with van der Waals surface area (Å²) in [5, 5.41) is 9.78. The molecule has 1 fully saturated rings. The molecule has 2 N–H and O–H groups in total. The van der Waals surface area contributed by atoms with Gasteiger partial charge in [0.25, 0.3) is 0 Å². The molecular formula is C17H21N5O. The van der Waals surface area contributed by atoms with E-state index in [1.807, 2.05) is 24.7 Å². The Kier molecular flexibility index (Phi) is 3.41. The molecule has 1 aromatic carbocycles. The zero-order valence-electron chi connectivity index (χ0n) is 13.5. The average Bonchev–Trinajstić information content (AvgIpc) is 3.14. The molecule has 0 spiro atoms. The van der Waals surface area contributed by atoms with Crippen LogP contribution in [-0.4, -0.2) is 26.0 Å². The van der Waals surface area contributed by atoms with E-state index in [4.69, 9.17) is 10.3 Å². The van der Waals surface area contributed by atoms with Crippen molar-refractivity contribution in [2.24, 2.45) is 12.8 Å². The summed E-state index contributed by atoms with van der Waals surface area (Å²) in [7, 11) is 1.95. The molecule has 0 aliphatic heterocycles. The van der Waals surface area contributed by atoms with Crippen molar-refractivity contribution in [1.82, 2.24) is 19.9 Å². The Labute approximate surface area is 134 Å². The van der Waals surface area contributed by atoms with Gasteiger partial charge in [-0.25, -0.2) is 0 Å². The highest BCUT2D eigenvalue weighted by Crippen LogP contribution is 2.32. The highest BCUT2D eigenvalue weighted by molar-refractivity contribution is 5.85. The van der Waals surface area contributed by atoms with Crippen molar-refractivity contribution in [2.45, 2.75) is 44.6 Å². The maximum atomic E-state index is 5.97. The second-order valence-electron chi connectivity index (χ2n) is 6.51. The SMILES string of the molecule is Cc1nn(C)c2cc(-c3noc([C@H]4CC[C@@H](N)CC4)n3)ccc12. The van der Waals surface area contributed by atoms with Gasteiger partial charge in [-0.15, -0.1) is 0 Å². The van der Waals surface area contributed by atoms with E-state index in [2.05, 4.69) is 27.4 Å². The van der Waals surface area contributed by atoms with Crippen LogP contribution in [0.2, 0.25) is 0 Å². The first kappa shape index (κ1) is 14.4. The second-order valence-corrected chi connectivity index (χ2v) is 6.51. The first-order valence-corrected chi connectivity index (χ1v) is 8.14. The molecule has 1 saturated carbocycles. The molecule has 6 nitrogen and oxygen atoms in total. The molecule has 120 valence electrons. The van der Waals surface area contributed by atoms with Crippen LogP contribution in [0.25, 0.3) is 22.3 Å². The molecule has 1 aliphatic rings. The molecule has 2 aromatic heterocycles. The highest BCUT2D eigenvalue weighted by atomic mass is 16.5. The molecule has 6 heteroatoms. The summed E-state index contributed by atoms with van der Waals surface area (Å²) in [5.41, 5.74) is 9.03. The van der Waals surface area contributed by atoms with Gasteiger partial charge < -0.3 is 10.3 Å². The lowest BCUT2D eigenvalue weighted by Gasteiger charge is -2.22. The number of nitrogens with zero attached hydrogens (tertiary/aromatic N) is 4. The lowest BCUT2D eigenvalue weighted by atomic mass is 9.86. The van der Waals surface area contributed by atoms with Gasteiger partial charge in [0, 0.05) is 30.0 Å². The van der Waals surface area contributed by atoms with E-state index in [0.717, 1.165) is 53.7 Å². The van der Waals surface area contributed by atoms with Gasteiger partial charge in [0.1, 0.15) is 0 Å². The first-order valence-electron chi connectivity index (χ1n) is 8.14.